The van der Waals surface area contributed by atoms with Gasteiger partial charge in [-0.1, -0.05) is 27.2 Å². The van der Waals surface area contributed by atoms with E-state index in [1.54, 1.807) is 0 Å². The molecule has 2 atom stereocenters. The largest absolute Gasteiger partial charge is 0.392 e. The summed E-state index contributed by atoms with van der Waals surface area (Å²) in [5, 5.41) is 9.70. The van der Waals surface area contributed by atoms with Crippen molar-refractivity contribution in [3.63, 3.8) is 0 Å². The number of likely N-dealkylation sites (tertiary alicyclic amines) is 1. The Hall–Kier alpha value is -0.0800. The van der Waals surface area contributed by atoms with Crippen LogP contribution in [-0.4, -0.2) is 35.7 Å². The van der Waals surface area contributed by atoms with Crippen molar-refractivity contribution >= 4 is 0 Å². The lowest BCUT2D eigenvalue weighted by Crippen LogP contribution is -2.33. The average Bonchev–Trinajstić information content (AvgIpc) is 2.52. The van der Waals surface area contributed by atoms with E-state index in [4.69, 9.17) is 0 Å². The first-order chi connectivity index (χ1) is 6.13. The molecule has 0 saturated carbocycles. The molecule has 0 spiro atoms. The SMILES string of the molecule is CCC1CCN(CC(O)C(C)C)C1. The second-order valence-corrected chi connectivity index (χ2v) is 4.63. The second-order valence-electron chi connectivity index (χ2n) is 4.63. The molecule has 0 radical (unpaired) electrons. The molecule has 2 unspecified atom stereocenters. The maximum atomic E-state index is 9.70. The van der Waals surface area contributed by atoms with Gasteiger partial charge in [0.2, 0.25) is 0 Å². The number of nitrogens with zero attached hydrogens (tertiary/aromatic N) is 1. The van der Waals surface area contributed by atoms with Crippen molar-refractivity contribution in [3.05, 3.63) is 0 Å². The van der Waals surface area contributed by atoms with Crippen LogP contribution >= 0.6 is 0 Å². The molecule has 2 heteroatoms. The molecule has 1 aliphatic heterocycles. The van der Waals surface area contributed by atoms with Gasteiger partial charge in [0.05, 0.1) is 6.10 Å². The lowest BCUT2D eigenvalue weighted by Gasteiger charge is -2.22. The molecular weight excluding hydrogens is 162 g/mol. The summed E-state index contributed by atoms with van der Waals surface area (Å²) in [6, 6.07) is 0. The Labute approximate surface area is 81.9 Å². The highest BCUT2D eigenvalue weighted by molar-refractivity contribution is 4.77. The third kappa shape index (κ3) is 3.28. The average molecular weight is 185 g/mol. The number of hydrogen-bond acceptors (Lipinski definition) is 2. The quantitative estimate of drug-likeness (QED) is 0.721. The molecule has 2 nitrogen and oxygen atoms in total. The predicted octanol–water partition coefficient (Wildman–Crippen LogP) is 1.74. The molecule has 0 amide bonds. The minimum Gasteiger partial charge on any atom is -0.392 e. The van der Waals surface area contributed by atoms with Gasteiger partial charge in [-0.2, -0.15) is 0 Å². The van der Waals surface area contributed by atoms with Crippen molar-refractivity contribution in [2.45, 2.75) is 39.7 Å². The summed E-state index contributed by atoms with van der Waals surface area (Å²) in [6.07, 6.45) is 2.46. The predicted molar refractivity (Wildman–Crippen MR) is 55.7 cm³/mol. The maximum Gasteiger partial charge on any atom is 0.0689 e. The molecule has 1 saturated heterocycles. The van der Waals surface area contributed by atoms with Gasteiger partial charge in [0, 0.05) is 13.1 Å². The molecule has 1 aliphatic rings. The normalized spacial score (nSPS) is 27.0. The van der Waals surface area contributed by atoms with E-state index in [0.29, 0.717) is 5.92 Å². The van der Waals surface area contributed by atoms with Crippen LogP contribution in [-0.2, 0) is 0 Å². The molecule has 0 aromatic rings. The molecule has 0 aromatic carbocycles. The highest BCUT2D eigenvalue weighted by atomic mass is 16.3. The minimum absolute atomic E-state index is 0.143. The standard InChI is InChI=1S/C11H23NO/c1-4-10-5-6-12(7-10)8-11(13)9(2)3/h9-11,13H,4-8H2,1-3H3. The Bertz CT molecular complexity index is 147. The number of β-amino-alcohol motifs (C(OH)–C–C–N with tert-alkyl or cyclic N) is 1. The van der Waals surface area contributed by atoms with Gasteiger partial charge in [-0.15, -0.1) is 0 Å². The van der Waals surface area contributed by atoms with Gasteiger partial charge < -0.3 is 10.0 Å². The lowest BCUT2D eigenvalue weighted by atomic mass is 10.1. The third-order valence-electron chi connectivity index (χ3n) is 3.16. The van der Waals surface area contributed by atoms with Crippen molar-refractivity contribution in [1.29, 1.82) is 0 Å². The minimum atomic E-state index is -0.143. The first kappa shape index (κ1) is 11.0. The van der Waals surface area contributed by atoms with Crippen molar-refractivity contribution in [2.75, 3.05) is 19.6 Å². The van der Waals surface area contributed by atoms with E-state index in [9.17, 15) is 5.11 Å². The Morgan fingerprint density at radius 2 is 2.15 bits per heavy atom. The molecule has 1 rings (SSSR count). The molecule has 0 aliphatic carbocycles. The molecule has 1 heterocycles. The van der Waals surface area contributed by atoms with E-state index in [1.807, 2.05) is 0 Å². The summed E-state index contributed by atoms with van der Waals surface area (Å²) in [6.45, 7) is 9.67. The van der Waals surface area contributed by atoms with Crippen LogP contribution in [0.4, 0.5) is 0 Å². The number of aliphatic hydroxyl groups excluding tert-OH is 1. The summed E-state index contributed by atoms with van der Waals surface area (Å²) >= 11 is 0. The Balaban J connectivity index is 2.23. The third-order valence-corrected chi connectivity index (χ3v) is 3.16. The van der Waals surface area contributed by atoms with Gasteiger partial charge in [0.1, 0.15) is 0 Å². The molecule has 1 fully saturated rings. The summed E-state index contributed by atoms with van der Waals surface area (Å²) in [4.78, 5) is 2.40. The monoisotopic (exact) mass is 185 g/mol. The van der Waals surface area contributed by atoms with Gasteiger partial charge in [0.25, 0.3) is 0 Å². The van der Waals surface area contributed by atoms with Crippen molar-refractivity contribution in [3.8, 4) is 0 Å². The first-order valence-corrected chi connectivity index (χ1v) is 5.54. The molecule has 1 N–H and O–H groups in total. The Morgan fingerprint density at radius 3 is 2.62 bits per heavy atom. The van der Waals surface area contributed by atoms with Crippen LogP contribution in [0.3, 0.4) is 0 Å². The summed E-state index contributed by atoms with van der Waals surface area (Å²) in [7, 11) is 0. The van der Waals surface area contributed by atoms with E-state index in [0.717, 1.165) is 12.5 Å². The zero-order valence-corrected chi connectivity index (χ0v) is 9.16. The van der Waals surface area contributed by atoms with Gasteiger partial charge in [0.15, 0.2) is 0 Å². The fraction of sp³-hybridized carbons (Fsp3) is 1.00. The van der Waals surface area contributed by atoms with Crippen LogP contribution in [0.2, 0.25) is 0 Å². The van der Waals surface area contributed by atoms with Crippen LogP contribution in [0.15, 0.2) is 0 Å². The summed E-state index contributed by atoms with van der Waals surface area (Å²) < 4.78 is 0. The van der Waals surface area contributed by atoms with Crippen molar-refractivity contribution < 1.29 is 5.11 Å². The molecule has 13 heavy (non-hydrogen) atoms. The van der Waals surface area contributed by atoms with E-state index >= 15 is 0 Å². The number of hydrogen-bond donors (Lipinski definition) is 1. The van der Waals surface area contributed by atoms with Gasteiger partial charge >= 0.3 is 0 Å². The second kappa shape index (κ2) is 4.97. The van der Waals surface area contributed by atoms with E-state index in [-0.39, 0.29) is 6.10 Å². The lowest BCUT2D eigenvalue weighted by molar-refractivity contribution is 0.0841. The zero-order valence-electron chi connectivity index (χ0n) is 9.16. The summed E-state index contributed by atoms with van der Waals surface area (Å²) in [5.74, 6) is 1.26. The highest BCUT2D eigenvalue weighted by Gasteiger charge is 2.23. The van der Waals surface area contributed by atoms with Crippen LogP contribution < -0.4 is 0 Å². The maximum absolute atomic E-state index is 9.70. The molecular formula is C11H23NO. The Kier molecular flexibility index (Phi) is 4.20. The fourth-order valence-electron chi connectivity index (χ4n) is 1.89. The van der Waals surface area contributed by atoms with E-state index in [2.05, 4.69) is 25.7 Å². The summed E-state index contributed by atoms with van der Waals surface area (Å²) in [5.41, 5.74) is 0. The number of aliphatic hydroxyl groups is 1. The zero-order chi connectivity index (χ0) is 9.84. The molecule has 0 aromatic heterocycles. The van der Waals surface area contributed by atoms with Crippen LogP contribution in [0.25, 0.3) is 0 Å². The molecule has 78 valence electrons. The van der Waals surface area contributed by atoms with Crippen LogP contribution in [0.1, 0.15) is 33.6 Å². The van der Waals surface area contributed by atoms with Crippen LogP contribution in [0.5, 0.6) is 0 Å². The fourth-order valence-corrected chi connectivity index (χ4v) is 1.89. The number of rotatable bonds is 4. The van der Waals surface area contributed by atoms with E-state index in [1.165, 1.54) is 25.9 Å². The van der Waals surface area contributed by atoms with Crippen LogP contribution in [0, 0.1) is 11.8 Å². The Morgan fingerprint density at radius 1 is 1.46 bits per heavy atom. The van der Waals surface area contributed by atoms with Gasteiger partial charge in [-0.25, -0.2) is 0 Å². The van der Waals surface area contributed by atoms with Crippen molar-refractivity contribution in [2.24, 2.45) is 11.8 Å². The topological polar surface area (TPSA) is 23.5 Å². The highest BCUT2D eigenvalue weighted by Crippen LogP contribution is 2.19. The first-order valence-electron chi connectivity index (χ1n) is 5.54. The van der Waals surface area contributed by atoms with Gasteiger partial charge in [-0.3, -0.25) is 0 Å². The van der Waals surface area contributed by atoms with E-state index < -0.39 is 0 Å². The smallest absolute Gasteiger partial charge is 0.0689 e. The van der Waals surface area contributed by atoms with Gasteiger partial charge in [-0.05, 0) is 24.8 Å². The van der Waals surface area contributed by atoms with Crippen molar-refractivity contribution in [1.82, 2.24) is 4.90 Å². The molecule has 0 bridgehead atoms.